The van der Waals surface area contributed by atoms with Crippen molar-refractivity contribution in [3.63, 3.8) is 0 Å². The summed E-state index contributed by atoms with van der Waals surface area (Å²) in [4.78, 5) is 13.5. The molecule has 0 aromatic heterocycles. The number of carboxylic acids is 1. The van der Waals surface area contributed by atoms with Gasteiger partial charge in [-0.05, 0) is 38.1 Å². The second-order valence-electron chi connectivity index (χ2n) is 5.58. The summed E-state index contributed by atoms with van der Waals surface area (Å²) in [6.07, 6.45) is 4.32. The second-order valence-corrected chi connectivity index (χ2v) is 5.58. The van der Waals surface area contributed by atoms with Gasteiger partial charge in [0.15, 0.2) is 0 Å². The Labute approximate surface area is 108 Å². The van der Waals surface area contributed by atoms with Gasteiger partial charge in [-0.1, -0.05) is 6.92 Å². The van der Waals surface area contributed by atoms with Crippen LogP contribution in [0.3, 0.4) is 0 Å². The van der Waals surface area contributed by atoms with Gasteiger partial charge in [0.2, 0.25) is 0 Å². The first-order chi connectivity index (χ1) is 8.56. The van der Waals surface area contributed by atoms with Gasteiger partial charge in [-0.25, -0.2) is 0 Å². The number of rotatable bonds is 7. The number of hydrogen-bond donors (Lipinski definition) is 2. The van der Waals surface area contributed by atoms with Gasteiger partial charge in [-0.2, -0.15) is 0 Å². The van der Waals surface area contributed by atoms with Crippen molar-refractivity contribution in [2.24, 2.45) is 11.7 Å². The zero-order valence-corrected chi connectivity index (χ0v) is 11.1. The van der Waals surface area contributed by atoms with Crippen LogP contribution in [0.4, 0.5) is 0 Å². The van der Waals surface area contributed by atoms with Crippen LogP contribution in [-0.2, 0) is 9.53 Å². The first kappa shape index (κ1) is 13.8. The van der Waals surface area contributed by atoms with E-state index in [1.807, 2.05) is 6.92 Å². The fourth-order valence-electron chi connectivity index (χ4n) is 2.72. The number of nitrogens with zero attached hydrogens (tertiary/aromatic N) is 1. The fourth-order valence-corrected chi connectivity index (χ4v) is 2.72. The van der Waals surface area contributed by atoms with Crippen LogP contribution in [0.1, 0.15) is 32.6 Å². The lowest BCUT2D eigenvalue weighted by molar-refractivity contribution is -0.145. The molecule has 1 saturated heterocycles. The minimum absolute atomic E-state index is 0.147. The van der Waals surface area contributed by atoms with E-state index in [1.54, 1.807) is 0 Å². The Bertz CT molecular complexity index is 301. The van der Waals surface area contributed by atoms with Gasteiger partial charge in [0, 0.05) is 19.7 Å². The third-order valence-corrected chi connectivity index (χ3v) is 4.12. The normalized spacial score (nSPS) is 27.4. The maximum atomic E-state index is 11.4. The molecular formula is C13H24N2O3. The van der Waals surface area contributed by atoms with Crippen LogP contribution in [0.25, 0.3) is 0 Å². The predicted molar refractivity (Wildman–Crippen MR) is 68.4 cm³/mol. The van der Waals surface area contributed by atoms with E-state index in [1.165, 1.54) is 0 Å². The highest BCUT2D eigenvalue weighted by atomic mass is 16.5. The van der Waals surface area contributed by atoms with Gasteiger partial charge < -0.3 is 15.6 Å². The van der Waals surface area contributed by atoms with Gasteiger partial charge in [0.05, 0.1) is 6.10 Å². The molecular weight excluding hydrogens is 232 g/mol. The van der Waals surface area contributed by atoms with Crippen molar-refractivity contribution in [3.05, 3.63) is 0 Å². The molecule has 5 nitrogen and oxygen atoms in total. The number of likely N-dealkylation sites (N-methyl/N-ethyl adjacent to an activating group) is 1. The van der Waals surface area contributed by atoms with Crippen molar-refractivity contribution in [1.29, 1.82) is 0 Å². The fraction of sp³-hybridized carbons (Fsp3) is 0.923. The summed E-state index contributed by atoms with van der Waals surface area (Å²) in [6.45, 7) is 4.93. The van der Waals surface area contributed by atoms with Crippen LogP contribution >= 0.6 is 0 Å². The number of carboxylic acid groups (broad SMARTS) is 1. The Kier molecular flexibility index (Phi) is 4.25. The summed E-state index contributed by atoms with van der Waals surface area (Å²) in [6, 6.07) is 0. The van der Waals surface area contributed by atoms with Crippen LogP contribution in [0.5, 0.6) is 0 Å². The van der Waals surface area contributed by atoms with Crippen molar-refractivity contribution in [1.82, 2.24) is 4.90 Å². The molecule has 1 heterocycles. The number of carbonyl (C=O) groups is 1. The molecule has 2 unspecified atom stereocenters. The topological polar surface area (TPSA) is 75.8 Å². The Morgan fingerprint density at radius 1 is 1.50 bits per heavy atom. The Balaban J connectivity index is 1.92. The van der Waals surface area contributed by atoms with E-state index < -0.39 is 11.5 Å². The molecule has 0 spiro atoms. The van der Waals surface area contributed by atoms with Crippen LogP contribution in [0.2, 0.25) is 0 Å². The van der Waals surface area contributed by atoms with E-state index in [0.717, 1.165) is 45.4 Å². The molecule has 0 bridgehead atoms. The van der Waals surface area contributed by atoms with Gasteiger partial charge >= 0.3 is 5.97 Å². The number of ether oxygens (including phenoxy) is 1. The lowest BCUT2D eigenvalue weighted by Gasteiger charge is -2.33. The molecule has 1 aliphatic heterocycles. The Morgan fingerprint density at radius 2 is 2.22 bits per heavy atom. The van der Waals surface area contributed by atoms with Crippen LogP contribution < -0.4 is 5.73 Å². The van der Waals surface area contributed by atoms with E-state index >= 15 is 0 Å². The monoisotopic (exact) mass is 256 g/mol. The molecule has 0 amide bonds. The summed E-state index contributed by atoms with van der Waals surface area (Å²) >= 11 is 0. The van der Waals surface area contributed by atoms with Crippen molar-refractivity contribution in [2.75, 3.05) is 26.2 Å². The average Bonchev–Trinajstić information content (AvgIpc) is 3.08. The van der Waals surface area contributed by atoms with Crippen molar-refractivity contribution >= 4 is 5.97 Å². The number of hydrogen-bond acceptors (Lipinski definition) is 4. The van der Waals surface area contributed by atoms with Crippen molar-refractivity contribution in [2.45, 2.75) is 44.2 Å². The van der Waals surface area contributed by atoms with Crippen LogP contribution in [-0.4, -0.2) is 53.9 Å². The van der Waals surface area contributed by atoms with Crippen LogP contribution in [0.15, 0.2) is 0 Å². The number of aliphatic carboxylic acids is 1. The minimum atomic E-state index is -1.07. The third-order valence-electron chi connectivity index (χ3n) is 4.12. The lowest BCUT2D eigenvalue weighted by Crippen LogP contribution is -2.58. The van der Waals surface area contributed by atoms with Gasteiger partial charge in [-0.3, -0.25) is 9.69 Å². The maximum absolute atomic E-state index is 11.4. The summed E-state index contributed by atoms with van der Waals surface area (Å²) in [7, 11) is 0. The quantitative estimate of drug-likeness (QED) is 0.700. The van der Waals surface area contributed by atoms with Crippen molar-refractivity contribution in [3.8, 4) is 0 Å². The highest BCUT2D eigenvalue weighted by molar-refractivity contribution is 5.79. The lowest BCUT2D eigenvalue weighted by atomic mass is 9.93. The summed E-state index contributed by atoms with van der Waals surface area (Å²) in [5, 5.41) is 9.37. The SMILES string of the molecule is CCN(CC1CCCO1)CC(N)(C(=O)O)C1CC1. The highest BCUT2D eigenvalue weighted by Gasteiger charge is 2.49. The molecule has 104 valence electrons. The molecule has 2 fully saturated rings. The number of nitrogens with two attached hydrogens (primary N) is 1. The third kappa shape index (κ3) is 3.02. The van der Waals surface area contributed by atoms with Gasteiger partial charge in [-0.15, -0.1) is 0 Å². The molecule has 18 heavy (non-hydrogen) atoms. The van der Waals surface area contributed by atoms with E-state index in [9.17, 15) is 9.90 Å². The minimum Gasteiger partial charge on any atom is -0.480 e. The molecule has 5 heteroatoms. The molecule has 2 atom stereocenters. The van der Waals surface area contributed by atoms with Gasteiger partial charge in [0.1, 0.15) is 5.54 Å². The maximum Gasteiger partial charge on any atom is 0.325 e. The predicted octanol–water partition coefficient (Wildman–Crippen LogP) is 0.679. The first-order valence-electron chi connectivity index (χ1n) is 6.92. The smallest absolute Gasteiger partial charge is 0.325 e. The molecule has 1 aliphatic carbocycles. The Morgan fingerprint density at radius 3 is 2.67 bits per heavy atom. The summed E-state index contributed by atoms with van der Waals surface area (Å²) < 4.78 is 5.61. The van der Waals surface area contributed by atoms with E-state index in [2.05, 4.69) is 4.90 Å². The average molecular weight is 256 g/mol. The second kappa shape index (κ2) is 5.55. The first-order valence-corrected chi connectivity index (χ1v) is 6.92. The van der Waals surface area contributed by atoms with Gasteiger partial charge in [0.25, 0.3) is 0 Å². The standard InChI is InChI=1S/C13H24N2O3/c1-2-15(8-11-4-3-7-18-11)9-13(14,12(16)17)10-5-6-10/h10-11H,2-9,14H2,1H3,(H,16,17). The summed E-state index contributed by atoms with van der Waals surface area (Å²) in [5.74, 6) is -0.718. The van der Waals surface area contributed by atoms with Crippen molar-refractivity contribution < 1.29 is 14.6 Å². The zero-order valence-electron chi connectivity index (χ0n) is 11.1. The zero-order chi connectivity index (χ0) is 13.2. The molecule has 0 aromatic rings. The van der Waals surface area contributed by atoms with E-state index in [-0.39, 0.29) is 12.0 Å². The molecule has 0 radical (unpaired) electrons. The highest BCUT2D eigenvalue weighted by Crippen LogP contribution is 2.39. The Hall–Kier alpha value is -0.650. The molecule has 2 rings (SSSR count). The van der Waals surface area contributed by atoms with E-state index in [0.29, 0.717) is 6.54 Å². The van der Waals surface area contributed by atoms with E-state index in [4.69, 9.17) is 10.5 Å². The molecule has 2 aliphatic rings. The summed E-state index contributed by atoms with van der Waals surface area (Å²) in [5.41, 5.74) is 5.04. The molecule has 3 N–H and O–H groups in total. The molecule has 1 saturated carbocycles. The molecule has 0 aromatic carbocycles. The van der Waals surface area contributed by atoms with Crippen LogP contribution in [0, 0.1) is 5.92 Å². The largest absolute Gasteiger partial charge is 0.480 e.